The van der Waals surface area contributed by atoms with Gasteiger partial charge in [-0.2, -0.15) is 0 Å². The van der Waals surface area contributed by atoms with Gasteiger partial charge in [0.1, 0.15) is 5.82 Å². The van der Waals surface area contributed by atoms with Crippen molar-refractivity contribution >= 4 is 11.6 Å². The van der Waals surface area contributed by atoms with E-state index in [1.54, 1.807) is 12.1 Å². The van der Waals surface area contributed by atoms with E-state index in [1.807, 2.05) is 6.07 Å². The maximum atomic E-state index is 14.3. The molecule has 2 saturated carbocycles. The lowest BCUT2D eigenvalue weighted by molar-refractivity contribution is 0.111. The Hall–Kier alpha value is -0.600. The fourth-order valence-corrected chi connectivity index (χ4v) is 4.27. The van der Waals surface area contributed by atoms with Crippen molar-refractivity contribution in [2.24, 2.45) is 11.3 Å². The molecule has 1 N–H and O–H groups in total. The molecule has 0 aromatic heterocycles. The summed E-state index contributed by atoms with van der Waals surface area (Å²) in [6.07, 6.45) is 4.80. The highest BCUT2D eigenvalue weighted by Gasteiger charge is 2.62. The molecule has 0 saturated heterocycles. The lowest BCUT2D eigenvalue weighted by atomic mass is 9.56. The zero-order valence-electron chi connectivity index (χ0n) is 12.3. The van der Waals surface area contributed by atoms with Crippen molar-refractivity contribution < 1.29 is 4.39 Å². The van der Waals surface area contributed by atoms with E-state index < -0.39 is 0 Å². The second kappa shape index (κ2) is 4.99. The Morgan fingerprint density at radius 2 is 2.00 bits per heavy atom. The Bertz CT molecular complexity index is 479. The van der Waals surface area contributed by atoms with Crippen LogP contribution in [0.25, 0.3) is 0 Å². The third kappa shape index (κ3) is 2.48. The first kappa shape index (κ1) is 14.3. The average molecular weight is 296 g/mol. The number of rotatable bonds is 5. The van der Waals surface area contributed by atoms with E-state index in [2.05, 4.69) is 19.2 Å². The molecule has 0 atom stereocenters. The SMILES string of the molecule is CC(C)CNCC1(c2c(F)cccc2Cl)CC2(CC2)C1. The van der Waals surface area contributed by atoms with Crippen LogP contribution in [0.4, 0.5) is 4.39 Å². The van der Waals surface area contributed by atoms with E-state index in [1.165, 1.54) is 12.8 Å². The van der Waals surface area contributed by atoms with Gasteiger partial charge in [-0.15, -0.1) is 0 Å². The number of hydrogen-bond acceptors (Lipinski definition) is 1. The first-order chi connectivity index (χ1) is 9.46. The number of nitrogens with one attached hydrogen (secondary N) is 1. The molecule has 20 heavy (non-hydrogen) atoms. The van der Waals surface area contributed by atoms with Gasteiger partial charge in [0.05, 0.1) is 0 Å². The molecule has 0 radical (unpaired) electrons. The van der Waals surface area contributed by atoms with Crippen molar-refractivity contribution in [2.45, 2.75) is 44.9 Å². The molecule has 0 heterocycles. The molecule has 2 aliphatic rings. The van der Waals surface area contributed by atoms with Crippen molar-refractivity contribution in [1.29, 1.82) is 0 Å². The van der Waals surface area contributed by atoms with Crippen molar-refractivity contribution in [3.05, 3.63) is 34.6 Å². The van der Waals surface area contributed by atoms with Crippen molar-refractivity contribution in [3.63, 3.8) is 0 Å². The van der Waals surface area contributed by atoms with Crippen LogP contribution in [0.15, 0.2) is 18.2 Å². The highest BCUT2D eigenvalue weighted by atomic mass is 35.5. The second-order valence-corrected chi connectivity index (χ2v) is 7.66. The first-order valence-corrected chi connectivity index (χ1v) is 7.99. The zero-order valence-corrected chi connectivity index (χ0v) is 13.1. The van der Waals surface area contributed by atoms with Gasteiger partial charge in [0.25, 0.3) is 0 Å². The third-order valence-electron chi connectivity index (χ3n) is 4.89. The fraction of sp³-hybridized carbons (Fsp3) is 0.647. The summed E-state index contributed by atoms with van der Waals surface area (Å²) in [6, 6.07) is 5.06. The van der Waals surface area contributed by atoms with Crippen molar-refractivity contribution in [2.75, 3.05) is 13.1 Å². The quantitative estimate of drug-likeness (QED) is 0.841. The van der Waals surface area contributed by atoms with E-state index in [9.17, 15) is 4.39 Å². The van der Waals surface area contributed by atoms with Crippen LogP contribution in [0, 0.1) is 17.2 Å². The van der Waals surface area contributed by atoms with Crippen LogP contribution in [-0.4, -0.2) is 13.1 Å². The third-order valence-corrected chi connectivity index (χ3v) is 5.21. The Morgan fingerprint density at radius 1 is 1.30 bits per heavy atom. The molecule has 2 fully saturated rings. The van der Waals surface area contributed by atoms with E-state index >= 15 is 0 Å². The fourth-order valence-electron chi connectivity index (χ4n) is 3.91. The molecule has 0 aliphatic heterocycles. The molecule has 0 unspecified atom stereocenters. The minimum atomic E-state index is -0.139. The lowest BCUT2D eigenvalue weighted by Gasteiger charge is -2.50. The van der Waals surface area contributed by atoms with Crippen LogP contribution >= 0.6 is 11.6 Å². The zero-order chi connectivity index (χ0) is 14.4. The predicted octanol–water partition coefficient (Wildman–Crippen LogP) is 4.54. The number of hydrogen-bond donors (Lipinski definition) is 1. The molecule has 0 amide bonds. The highest BCUT2D eigenvalue weighted by Crippen LogP contribution is 2.69. The Kier molecular flexibility index (Phi) is 3.58. The molecule has 3 heteroatoms. The van der Waals surface area contributed by atoms with Gasteiger partial charge in [-0.1, -0.05) is 31.5 Å². The van der Waals surface area contributed by atoms with Crippen LogP contribution in [0.5, 0.6) is 0 Å². The first-order valence-electron chi connectivity index (χ1n) is 7.62. The largest absolute Gasteiger partial charge is 0.316 e. The highest BCUT2D eigenvalue weighted by molar-refractivity contribution is 6.31. The smallest absolute Gasteiger partial charge is 0.128 e. The molecule has 2 aliphatic carbocycles. The van der Waals surface area contributed by atoms with Crippen LogP contribution in [-0.2, 0) is 5.41 Å². The van der Waals surface area contributed by atoms with E-state index in [-0.39, 0.29) is 11.2 Å². The van der Waals surface area contributed by atoms with Crippen molar-refractivity contribution in [3.8, 4) is 0 Å². The molecule has 1 spiro atoms. The standard InChI is InChI=1S/C17H23ClFN/c1-12(2)8-20-11-17(9-16(10-17)6-7-16)15-13(18)4-3-5-14(15)19/h3-5,12,20H,6-11H2,1-2H3. The average Bonchev–Trinajstić information content (AvgIpc) is 3.07. The van der Waals surface area contributed by atoms with Crippen molar-refractivity contribution in [1.82, 2.24) is 5.32 Å². The molecule has 110 valence electrons. The summed E-state index contributed by atoms with van der Waals surface area (Å²) in [6.45, 7) is 6.20. The molecular weight excluding hydrogens is 273 g/mol. The normalized spacial score (nSPS) is 22.1. The maximum Gasteiger partial charge on any atom is 0.128 e. The minimum absolute atomic E-state index is 0.0895. The van der Waals surface area contributed by atoms with Gasteiger partial charge < -0.3 is 5.32 Å². The number of benzene rings is 1. The Morgan fingerprint density at radius 3 is 2.55 bits per heavy atom. The maximum absolute atomic E-state index is 14.3. The van der Waals surface area contributed by atoms with Crippen LogP contribution in [0.2, 0.25) is 5.02 Å². The van der Waals surface area contributed by atoms with E-state index in [0.29, 0.717) is 16.4 Å². The summed E-state index contributed by atoms with van der Waals surface area (Å²) in [5.41, 5.74) is 1.18. The Balaban J connectivity index is 1.83. The summed E-state index contributed by atoms with van der Waals surface area (Å²) in [7, 11) is 0. The second-order valence-electron chi connectivity index (χ2n) is 7.26. The topological polar surface area (TPSA) is 12.0 Å². The minimum Gasteiger partial charge on any atom is -0.316 e. The summed E-state index contributed by atoms with van der Waals surface area (Å²) in [5.74, 6) is 0.470. The molecule has 0 bridgehead atoms. The summed E-state index contributed by atoms with van der Waals surface area (Å²) in [4.78, 5) is 0. The van der Waals surface area contributed by atoms with Gasteiger partial charge in [0.2, 0.25) is 0 Å². The van der Waals surface area contributed by atoms with E-state index in [0.717, 1.165) is 31.5 Å². The monoisotopic (exact) mass is 295 g/mol. The molecule has 1 aromatic carbocycles. The molecule has 1 nitrogen and oxygen atoms in total. The number of halogens is 2. The lowest BCUT2D eigenvalue weighted by Crippen LogP contribution is -2.50. The summed E-state index contributed by atoms with van der Waals surface area (Å²) < 4.78 is 14.3. The van der Waals surface area contributed by atoms with Crippen LogP contribution < -0.4 is 5.32 Å². The summed E-state index contributed by atoms with van der Waals surface area (Å²) in [5, 5.41) is 4.11. The van der Waals surface area contributed by atoms with Crippen LogP contribution in [0.1, 0.15) is 45.1 Å². The van der Waals surface area contributed by atoms with Gasteiger partial charge in [0.15, 0.2) is 0 Å². The summed E-state index contributed by atoms with van der Waals surface area (Å²) >= 11 is 6.31. The molecule has 3 rings (SSSR count). The predicted molar refractivity (Wildman–Crippen MR) is 81.7 cm³/mol. The van der Waals surface area contributed by atoms with Gasteiger partial charge >= 0.3 is 0 Å². The van der Waals surface area contributed by atoms with Gasteiger partial charge in [-0.25, -0.2) is 4.39 Å². The van der Waals surface area contributed by atoms with Gasteiger partial charge in [0, 0.05) is 22.5 Å². The van der Waals surface area contributed by atoms with Crippen LogP contribution in [0.3, 0.4) is 0 Å². The van der Waals surface area contributed by atoms with Gasteiger partial charge in [-0.3, -0.25) is 0 Å². The Labute approximate surface area is 125 Å². The molecular formula is C17H23ClFN. The molecule has 1 aromatic rings. The van der Waals surface area contributed by atoms with Gasteiger partial charge in [-0.05, 0) is 55.7 Å². The van der Waals surface area contributed by atoms with E-state index in [4.69, 9.17) is 11.6 Å².